The maximum absolute atomic E-state index is 13.6. The van der Waals surface area contributed by atoms with Crippen LogP contribution in [0.15, 0.2) is 47.8 Å². The third kappa shape index (κ3) is 4.83. The number of rotatable bonds is 8. The van der Waals surface area contributed by atoms with E-state index in [0.717, 1.165) is 16.2 Å². The third-order valence-electron chi connectivity index (χ3n) is 6.01. The van der Waals surface area contributed by atoms with Gasteiger partial charge in [-0.3, -0.25) is 9.59 Å². The van der Waals surface area contributed by atoms with Crippen molar-refractivity contribution in [2.45, 2.75) is 18.5 Å². The lowest BCUT2D eigenvalue weighted by Crippen LogP contribution is -2.49. The number of hydrogen-bond acceptors (Lipinski definition) is 10. The molecular formula is C25H22N4O8S. The van der Waals surface area contributed by atoms with Crippen LogP contribution in [0.2, 0.25) is 0 Å². The van der Waals surface area contributed by atoms with Crippen LogP contribution in [0.1, 0.15) is 27.7 Å². The molecule has 1 saturated heterocycles. The largest absolute Gasteiger partial charge is 0.497 e. The second-order valence-corrected chi connectivity index (χ2v) is 9.15. The number of anilines is 1. The summed E-state index contributed by atoms with van der Waals surface area (Å²) in [6.45, 7) is 0.0626. The molecule has 4 amide bonds. The average Bonchev–Trinajstić information content (AvgIpc) is 3.66. The number of methoxy groups -OCH3 is 2. The molecule has 3 aromatic rings. The number of fused-ring (bicyclic) bond motifs is 1. The molecule has 13 heteroatoms. The number of amides is 4. The third-order valence-corrected chi connectivity index (χ3v) is 6.77. The Balaban J connectivity index is 1.44. The number of nitrogens with one attached hydrogen (secondary N) is 2. The van der Waals surface area contributed by atoms with E-state index in [1.807, 2.05) is 0 Å². The number of ether oxygens (including phenoxy) is 4. The normalized spacial score (nSPS) is 16.7. The van der Waals surface area contributed by atoms with Crippen LogP contribution >= 0.6 is 11.3 Å². The van der Waals surface area contributed by atoms with Crippen molar-refractivity contribution < 1.29 is 38.1 Å². The topological polar surface area (TPSA) is 145 Å². The minimum Gasteiger partial charge on any atom is -0.497 e. The van der Waals surface area contributed by atoms with Crippen LogP contribution in [0.5, 0.6) is 17.2 Å². The Labute approximate surface area is 220 Å². The molecule has 5 rings (SSSR count). The second kappa shape index (κ2) is 10.4. The van der Waals surface area contributed by atoms with E-state index in [9.17, 15) is 19.2 Å². The number of aromatic nitrogens is 1. The Morgan fingerprint density at radius 1 is 1.18 bits per heavy atom. The number of benzene rings is 2. The fourth-order valence-corrected chi connectivity index (χ4v) is 4.83. The van der Waals surface area contributed by atoms with Crippen LogP contribution in [0.4, 0.5) is 9.93 Å². The lowest BCUT2D eigenvalue weighted by Gasteiger charge is -2.24. The number of hydrogen-bond donors (Lipinski definition) is 2. The Hall–Kier alpha value is -4.65. The Kier molecular flexibility index (Phi) is 6.83. The molecule has 2 aliphatic heterocycles. The lowest BCUT2D eigenvalue weighted by molar-refractivity contribution is -0.134. The van der Waals surface area contributed by atoms with Gasteiger partial charge in [0.1, 0.15) is 17.8 Å². The Morgan fingerprint density at radius 2 is 2.00 bits per heavy atom. The lowest BCUT2D eigenvalue weighted by atomic mass is 10.0. The zero-order valence-electron chi connectivity index (χ0n) is 20.3. The first-order chi connectivity index (χ1) is 18.4. The van der Waals surface area contributed by atoms with Crippen LogP contribution in [-0.2, 0) is 20.7 Å². The predicted octanol–water partition coefficient (Wildman–Crippen LogP) is 2.51. The molecule has 196 valence electrons. The van der Waals surface area contributed by atoms with Gasteiger partial charge < -0.3 is 29.6 Å². The van der Waals surface area contributed by atoms with Crippen molar-refractivity contribution in [3.63, 3.8) is 0 Å². The van der Waals surface area contributed by atoms with E-state index in [1.165, 1.54) is 19.6 Å². The molecule has 0 spiro atoms. The first-order valence-electron chi connectivity index (χ1n) is 11.4. The maximum Gasteiger partial charge on any atom is 0.357 e. The van der Waals surface area contributed by atoms with Crippen LogP contribution in [0.3, 0.4) is 0 Å². The minimum atomic E-state index is -1.24. The highest BCUT2D eigenvalue weighted by atomic mass is 32.1. The van der Waals surface area contributed by atoms with Gasteiger partial charge in [-0.05, 0) is 35.4 Å². The molecule has 12 nitrogen and oxygen atoms in total. The molecule has 2 atom stereocenters. The number of thiazole rings is 1. The summed E-state index contributed by atoms with van der Waals surface area (Å²) in [5.74, 6) is -0.374. The Morgan fingerprint density at radius 3 is 2.79 bits per heavy atom. The first kappa shape index (κ1) is 25.0. The highest BCUT2D eigenvalue weighted by Crippen LogP contribution is 2.36. The van der Waals surface area contributed by atoms with Crippen LogP contribution in [0, 0.1) is 0 Å². The van der Waals surface area contributed by atoms with Crippen molar-refractivity contribution in [3.05, 3.63) is 64.7 Å². The molecule has 2 aromatic carbocycles. The molecule has 1 fully saturated rings. The number of carbonyl (C=O) groups excluding carboxylic acids is 4. The van der Waals surface area contributed by atoms with Gasteiger partial charge in [0.15, 0.2) is 22.3 Å². The second-order valence-electron chi connectivity index (χ2n) is 8.29. The molecule has 1 aromatic heterocycles. The standard InChI is InChI=1S/C25H22N4O8S/c1-34-15-5-3-4-13(8-15)9-17(21(30)28-24-26-16(11-38-24)23(32)35-2)29-22(31)20(27-25(29)33)14-6-7-18-19(10-14)37-12-36-18/h3-8,10-11,17,20H,9,12H2,1-2H3,(H,27,33)(H,26,28,30)/t17-,20?/m0/s1. The summed E-state index contributed by atoms with van der Waals surface area (Å²) in [4.78, 5) is 56.9. The van der Waals surface area contributed by atoms with Crippen molar-refractivity contribution in [1.82, 2.24) is 15.2 Å². The van der Waals surface area contributed by atoms with E-state index in [4.69, 9.17) is 14.2 Å². The van der Waals surface area contributed by atoms with Crippen LogP contribution in [0.25, 0.3) is 0 Å². The SMILES string of the molecule is COC(=O)c1csc(NC(=O)[C@H](Cc2cccc(OC)c2)N2C(=O)NC(c3ccc4c(c3)OCO4)C2=O)n1. The van der Waals surface area contributed by atoms with Crippen molar-refractivity contribution in [2.24, 2.45) is 0 Å². The fourth-order valence-electron chi connectivity index (χ4n) is 4.15. The monoisotopic (exact) mass is 538 g/mol. The van der Waals surface area contributed by atoms with Gasteiger partial charge in [-0.2, -0.15) is 0 Å². The molecule has 2 N–H and O–H groups in total. The van der Waals surface area contributed by atoms with Gasteiger partial charge in [0.25, 0.3) is 5.91 Å². The predicted molar refractivity (Wildman–Crippen MR) is 133 cm³/mol. The van der Waals surface area contributed by atoms with Gasteiger partial charge in [0.05, 0.1) is 14.2 Å². The number of esters is 1. The van der Waals surface area contributed by atoms with Gasteiger partial charge in [-0.1, -0.05) is 18.2 Å². The van der Waals surface area contributed by atoms with Crippen molar-refractivity contribution in [3.8, 4) is 17.2 Å². The molecule has 0 radical (unpaired) electrons. The maximum atomic E-state index is 13.6. The number of imide groups is 1. The summed E-state index contributed by atoms with van der Waals surface area (Å²) < 4.78 is 20.6. The van der Waals surface area contributed by atoms with E-state index in [1.54, 1.807) is 42.5 Å². The van der Waals surface area contributed by atoms with Crippen molar-refractivity contribution in [2.75, 3.05) is 26.3 Å². The molecule has 0 saturated carbocycles. The highest BCUT2D eigenvalue weighted by Gasteiger charge is 2.45. The van der Waals surface area contributed by atoms with Crippen molar-refractivity contribution >= 4 is 40.3 Å². The van der Waals surface area contributed by atoms with E-state index in [2.05, 4.69) is 20.4 Å². The summed E-state index contributed by atoms with van der Waals surface area (Å²) in [5.41, 5.74) is 1.17. The molecule has 38 heavy (non-hydrogen) atoms. The highest BCUT2D eigenvalue weighted by molar-refractivity contribution is 7.14. The molecule has 2 aliphatic rings. The summed E-state index contributed by atoms with van der Waals surface area (Å²) in [6, 6.07) is 8.90. The van der Waals surface area contributed by atoms with Gasteiger partial charge in [-0.15, -0.1) is 11.3 Å². The van der Waals surface area contributed by atoms with E-state index in [-0.39, 0.29) is 24.0 Å². The van der Waals surface area contributed by atoms with Crippen LogP contribution < -0.4 is 24.8 Å². The van der Waals surface area contributed by atoms with Gasteiger partial charge in [0.2, 0.25) is 12.7 Å². The molecule has 0 aliphatic carbocycles. The minimum absolute atomic E-state index is 0.00524. The van der Waals surface area contributed by atoms with Crippen LogP contribution in [-0.4, -0.2) is 60.8 Å². The quantitative estimate of drug-likeness (QED) is 0.326. The van der Waals surface area contributed by atoms with E-state index < -0.39 is 35.9 Å². The zero-order chi connectivity index (χ0) is 26.8. The number of nitrogens with zero attached hydrogens (tertiary/aromatic N) is 2. The smallest absolute Gasteiger partial charge is 0.357 e. The van der Waals surface area contributed by atoms with Crippen molar-refractivity contribution in [1.29, 1.82) is 0 Å². The van der Waals surface area contributed by atoms with E-state index in [0.29, 0.717) is 28.4 Å². The summed E-state index contributed by atoms with van der Waals surface area (Å²) in [6.07, 6.45) is 0.00524. The summed E-state index contributed by atoms with van der Waals surface area (Å²) >= 11 is 1.01. The molecular weight excluding hydrogens is 516 g/mol. The number of carbonyl (C=O) groups is 4. The summed E-state index contributed by atoms with van der Waals surface area (Å²) in [7, 11) is 2.73. The van der Waals surface area contributed by atoms with E-state index >= 15 is 0 Å². The fraction of sp³-hybridized carbons (Fsp3) is 0.240. The first-order valence-corrected chi connectivity index (χ1v) is 12.3. The zero-order valence-corrected chi connectivity index (χ0v) is 21.1. The molecule has 1 unspecified atom stereocenters. The Bertz CT molecular complexity index is 1420. The molecule has 3 heterocycles. The van der Waals surface area contributed by atoms with Gasteiger partial charge in [-0.25, -0.2) is 19.5 Å². The van der Waals surface area contributed by atoms with Gasteiger partial charge in [0, 0.05) is 11.8 Å². The average molecular weight is 539 g/mol. The molecule has 0 bridgehead atoms. The van der Waals surface area contributed by atoms with Gasteiger partial charge >= 0.3 is 12.0 Å². The summed E-state index contributed by atoms with van der Waals surface area (Å²) in [5, 5.41) is 6.82. The number of urea groups is 1.